The summed E-state index contributed by atoms with van der Waals surface area (Å²) in [6.45, 7) is 0.484. The van der Waals surface area contributed by atoms with E-state index in [1.165, 1.54) is 4.90 Å². The van der Waals surface area contributed by atoms with Crippen molar-refractivity contribution in [1.29, 1.82) is 5.26 Å². The third-order valence-electron chi connectivity index (χ3n) is 3.03. The Morgan fingerprint density at radius 2 is 2.00 bits per heavy atom. The topological polar surface area (TPSA) is 93.4 Å². The van der Waals surface area contributed by atoms with Crippen LogP contribution < -0.4 is 10.2 Å². The minimum Gasteiger partial charge on any atom is -0.481 e. The van der Waals surface area contributed by atoms with Gasteiger partial charge in [-0.05, 0) is 25.0 Å². The van der Waals surface area contributed by atoms with Crippen LogP contribution in [0.1, 0.15) is 31.2 Å². The van der Waals surface area contributed by atoms with Crippen molar-refractivity contribution in [2.45, 2.75) is 25.7 Å². The number of rotatable bonds is 7. The van der Waals surface area contributed by atoms with Gasteiger partial charge in [-0.3, -0.25) is 9.69 Å². The Kier molecular flexibility index (Phi) is 6.75. The smallest absolute Gasteiger partial charge is 0.321 e. The Bertz CT molecular complexity index is 537. The van der Waals surface area contributed by atoms with Crippen molar-refractivity contribution >= 4 is 17.7 Å². The predicted octanol–water partition coefficient (Wildman–Crippen LogP) is 2.35. The van der Waals surface area contributed by atoms with E-state index in [0.717, 1.165) is 12.8 Å². The van der Waals surface area contributed by atoms with Crippen molar-refractivity contribution in [3.05, 3.63) is 29.8 Å². The van der Waals surface area contributed by atoms with Crippen LogP contribution >= 0.6 is 0 Å². The first-order chi connectivity index (χ1) is 10.1. The zero-order valence-corrected chi connectivity index (χ0v) is 12.0. The number of hydrogen-bond donors (Lipinski definition) is 2. The van der Waals surface area contributed by atoms with Crippen LogP contribution in [0.5, 0.6) is 0 Å². The molecule has 0 radical (unpaired) electrons. The number of nitrogens with zero attached hydrogens (tertiary/aromatic N) is 2. The quantitative estimate of drug-likeness (QED) is 0.753. The van der Waals surface area contributed by atoms with Crippen LogP contribution in [0.4, 0.5) is 10.5 Å². The number of aliphatic carboxylic acids is 1. The maximum atomic E-state index is 12.0. The van der Waals surface area contributed by atoms with Gasteiger partial charge in [0.15, 0.2) is 0 Å². The number of para-hydroxylation sites is 1. The summed E-state index contributed by atoms with van der Waals surface area (Å²) in [4.78, 5) is 23.7. The summed E-state index contributed by atoms with van der Waals surface area (Å²) in [6.07, 6.45) is 2.25. The molecule has 0 spiro atoms. The molecule has 0 aromatic heterocycles. The molecule has 0 aliphatic carbocycles. The lowest BCUT2D eigenvalue weighted by Crippen LogP contribution is -2.38. The molecule has 0 heterocycles. The van der Waals surface area contributed by atoms with Gasteiger partial charge < -0.3 is 10.4 Å². The van der Waals surface area contributed by atoms with E-state index in [-0.39, 0.29) is 12.5 Å². The van der Waals surface area contributed by atoms with E-state index >= 15 is 0 Å². The first kappa shape index (κ1) is 16.5. The van der Waals surface area contributed by atoms with Crippen LogP contribution in [0.3, 0.4) is 0 Å². The molecule has 21 heavy (non-hydrogen) atoms. The molecular weight excluding hydrogens is 270 g/mol. The molecule has 0 aliphatic heterocycles. The van der Waals surface area contributed by atoms with Crippen molar-refractivity contribution in [2.24, 2.45) is 0 Å². The third-order valence-corrected chi connectivity index (χ3v) is 3.03. The molecule has 6 heteroatoms. The molecule has 0 unspecified atom stereocenters. The van der Waals surface area contributed by atoms with E-state index < -0.39 is 5.97 Å². The van der Waals surface area contributed by atoms with Gasteiger partial charge in [-0.1, -0.05) is 18.6 Å². The van der Waals surface area contributed by atoms with Crippen molar-refractivity contribution in [2.75, 3.05) is 18.5 Å². The minimum absolute atomic E-state index is 0.156. The van der Waals surface area contributed by atoms with Gasteiger partial charge >= 0.3 is 12.0 Å². The Balaban J connectivity index is 2.38. The molecule has 6 nitrogen and oxygen atoms in total. The number of urea groups is 1. The van der Waals surface area contributed by atoms with Crippen molar-refractivity contribution < 1.29 is 14.7 Å². The average Bonchev–Trinajstić information content (AvgIpc) is 2.49. The number of nitriles is 1. The monoisotopic (exact) mass is 289 g/mol. The lowest BCUT2D eigenvalue weighted by Gasteiger charge is -2.19. The molecule has 0 bridgehead atoms. The van der Waals surface area contributed by atoms with Crippen LogP contribution in [-0.4, -0.2) is 30.7 Å². The van der Waals surface area contributed by atoms with Gasteiger partial charge in [0.05, 0.1) is 11.3 Å². The number of carbonyl (C=O) groups is 2. The number of carbonyl (C=O) groups excluding carboxylic acids is 1. The number of anilines is 1. The fourth-order valence-corrected chi connectivity index (χ4v) is 1.86. The zero-order chi connectivity index (χ0) is 15.7. The summed E-state index contributed by atoms with van der Waals surface area (Å²) in [5, 5.41) is 20.3. The molecule has 0 fully saturated rings. The normalized spacial score (nSPS) is 9.71. The molecular formula is C15H19N3O3. The molecule has 0 saturated carbocycles. The number of benzene rings is 1. The summed E-state index contributed by atoms with van der Waals surface area (Å²) in [5.41, 5.74) is 1.000. The lowest BCUT2D eigenvalue weighted by molar-refractivity contribution is -0.137. The number of nitrogens with one attached hydrogen (secondary N) is 1. The van der Waals surface area contributed by atoms with Crippen molar-refractivity contribution in [3.8, 4) is 6.07 Å². The molecule has 0 saturated heterocycles. The molecule has 2 amide bonds. The highest BCUT2D eigenvalue weighted by molar-refractivity contribution is 5.92. The van der Waals surface area contributed by atoms with E-state index in [0.29, 0.717) is 24.2 Å². The molecule has 1 aromatic carbocycles. The second-order valence-corrected chi connectivity index (χ2v) is 4.62. The SMILES string of the molecule is CN(C(=O)NCCCCCC(=O)O)c1ccccc1C#N. The van der Waals surface area contributed by atoms with Gasteiger partial charge in [0.1, 0.15) is 6.07 Å². The van der Waals surface area contributed by atoms with Crippen LogP contribution in [-0.2, 0) is 4.79 Å². The van der Waals surface area contributed by atoms with E-state index in [1.54, 1.807) is 31.3 Å². The Morgan fingerprint density at radius 3 is 2.67 bits per heavy atom. The van der Waals surface area contributed by atoms with Crippen LogP contribution in [0.15, 0.2) is 24.3 Å². The first-order valence-corrected chi connectivity index (χ1v) is 6.78. The van der Waals surface area contributed by atoms with Gasteiger partial charge in [-0.2, -0.15) is 5.26 Å². The molecule has 1 aromatic rings. The van der Waals surface area contributed by atoms with Crippen LogP contribution in [0.2, 0.25) is 0 Å². The fourth-order valence-electron chi connectivity index (χ4n) is 1.86. The van der Waals surface area contributed by atoms with E-state index in [1.807, 2.05) is 6.07 Å². The lowest BCUT2D eigenvalue weighted by atomic mass is 10.2. The van der Waals surface area contributed by atoms with Crippen molar-refractivity contribution in [3.63, 3.8) is 0 Å². The van der Waals surface area contributed by atoms with E-state index in [9.17, 15) is 9.59 Å². The summed E-state index contributed by atoms with van der Waals surface area (Å²) >= 11 is 0. The number of hydrogen-bond acceptors (Lipinski definition) is 3. The number of unbranched alkanes of at least 4 members (excludes halogenated alkanes) is 2. The standard InChI is InChI=1S/C15H19N3O3/c1-18(13-8-5-4-7-12(13)11-16)15(21)17-10-6-2-3-9-14(19)20/h4-5,7-8H,2-3,6,9-10H2,1H3,(H,17,21)(H,19,20). The van der Waals surface area contributed by atoms with E-state index in [4.69, 9.17) is 10.4 Å². The van der Waals surface area contributed by atoms with Crippen LogP contribution in [0.25, 0.3) is 0 Å². The summed E-state index contributed by atoms with van der Waals surface area (Å²) in [6, 6.07) is 8.65. The Labute approximate surface area is 124 Å². The summed E-state index contributed by atoms with van der Waals surface area (Å²) < 4.78 is 0. The number of amides is 2. The Morgan fingerprint density at radius 1 is 1.29 bits per heavy atom. The highest BCUT2D eigenvalue weighted by Gasteiger charge is 2.13. The highest BCUT2D eigenvalue weighted by Crippen LogP contribution is 2.17. The highest BCUT2D eigenvalue weighted by atomic mass is 16.4. The zero-order valence-electron chi connectivity index (χ0n) is 12.0. The maximum absolute atomic E-state index is 12.0. The van der Waals surface area contributed by atoms with Crippen molar-refractivity contribution in [1.82, 2.24) is 5.32 Å². The second kappa shape index (κ2) is 8.59. The largest absolute Gasteiger partial charge is 0.481 e. The van der Waals surface area contributed by atoms with Gasteiger partial charge in [-0.25, -0.2) is 4.79 Å². The summed E-state index contributed by atoms with van der Waals surface area (Å²) in [5.74, 6) is -0.799. The average molecular weight is 289 g/mol. The molecule has 0 aliphatic rings. The van der Waals surface area contributed by atoms with E-state index in [2.05, 4.69) is 5.32 Å². The van der Waals surface area contributed by atoms with Gasteiger partial charge in [0.2, 0.25) is 0 Å². The number of carboxylic acid groups (broad SMARTS) is 1. The van der Waals surface area contributed by atoms with Gasteiger partial charge in [-0.15, -0.1) is 0 Å². The second-order valence-electron chi connectivity index (χ2n) is 4.62. The molecule has 0 atom stereocenters. The van der Waals surface area contributed by atoms with Gasteiger partial charge in [0.25, 0.3) is 0 Å². The molecule has 2 N–H and O–H groups in total. The Hall–Kier alpha value is -2.55. The first-order valence-electron chi connectivity index (χ1n) is 6.78. The number of carboxylic acids is 1. The summed E-state index contributed by atoms with van der Waals surface area (Å²) in [7, 11) is 1.61. The molecule has 112 valence electrons. The fraction of sp³-hybridized carbons (Fsp3) is 0.400. The third kappa shape index (κ3) is 5.53. The van der Waals surface area contributed by atoms with Crippen LogP contribution in [0, 0.1) is 11.3 Å². The predicted molar refractivity (Wildman–Crippen MR) is 79.1 cm³/mol. The molecule has 1 rings (SSSR count). The van der Waals surface area contributed by atoms with Gasteiger partial charge in [0, 0.05) is 20.0 Å². The maximum Gasteiger partial charge on any atom is 0.321 e. The minimum atomic E-state index is -0.799.